The zero-order valence-corrected chi connectivity index (χ0v) is 11.8. The summed E-state index contributed by atoms with van der Waals surface area (Å²) in [5.74, 6) is 2.67. The van der Waals surface area contributed by atoms with Crippen molar-refractivity contribution in [3.05, 3.63) is 0 Å². The number of amides is 2. The van der Waals surface area contributed by atoms with E-state index in [4.69, 9.17) is 5.73 Å². The molecule has 18 heavy (non-hydrogen) atoms. The topological polar surface area (TPSA) is 67.2 Å². The summed E-state index contributed by atoms with van der Waals surface area (Å²) in [6.45, 7) is 7.07. The first-order chi connectivity index (χ1) is 8.47. The number of carbonyl (C=O) groups excluding carboxylic acids is 1. The van der Waals surface area contributed by atoms with E-state index in [1.807, 2.05) is 6.92 Å². The monoisotopic (exact) mass is 253 g/mol. The number of carbonyl (C=O) groups is 1. The SMILES string of the molecule is CC(C)C(C)NC(=O)NCC1CC2CC(N)C2C1. The minimum Gasteiger partial charge on any atom is -0.338 e. The third kappa shape index (κ3) is 2.97. The predicted molar refractivity (Wildman–Crippen MR) is 73.1 cm³/mol. The number of fused-ring (bicyclic) bond motifs is 1. The molecule has 0 heterocycles. The van der Waals surface area contributed by atoms with Crippen LogP contribution in [-0.2, 0) is 0 Å². The van der Waals surface area contributed by atoms with Crippen LogP contribution in [0.3, 0.4) is 0 Å². The zero-order valence-electron chi connectivity index (χ0n) is 11.8. The van der Waals surface area contributed by atoms with Gasteiger partial charge in [-0.2, -0.15) is 0 Å². The molecule has 104 valence electrons. The Kier molecular flexibility index (Phi) is 4.15. The van der Waals surface area contributed by atoms with Crippen molar-refractivity contribution in [3.8, 4) is 0 Å². The summed E-state index contributed by atoms with van der Waals surface area (Å²) in [5, 5.41) is 5.98. The first-order valence-electron chi connectivity index (χ1n) is 7.27. The molecule has 0 spiro atoms. The minimum atomic E-state index is -0.0280. The first-order valence-corrected chi connectivity index (χ1v) is 7.27. The molecule has 2 aliphatic carbocycles. The van der Waals surface area contributed by atoms with Crippen molar-refractivity contribution in [2.75, 3.05) is 6.54 Å². The van der Waals surface area contributed by atoms with Crippen molar-refractivity contribution in [2.45, 2.75) is 52.1 Å². The maximum atomic E-state index is 11.7. The van der Waals surface area contributed by atoms with Crippen LogP contribution in [0.4, 0.5) is 4.79 Å². The van der Waals surface area contributed by atoms with Gasteiger partial charge in [0.1, 0.15) is 0 Å². The molecular formula is C14H27N3O. The highest BCUT2D eigenvalue weighted by molar-refractivity contribution is 5.74. The summed E-state index contributed by atoms with van der Waals surface area (Å²) < 4.78 is 0. The molecular weight excluding hydrogens is 226 g/mol. The van der Waals surface area contributed by atoms with Crippen molar-refractivity contribution in [1.82, 2.24) is 10.6 Å². The lowest BCUT2D eigenvalue weighted by Gasteiger charge is -2.37. The van der Waals surface area contributed by atoms with Crippen LogP contribution in [0.2, 0.25) is 0 Å². The van der Waals surface area contributed by atoms with Crippen LogP contribution in [-0.4, -0.2) is 24.7 Å². The van der Waals surface area contributed by atoms with Crippen LogP contribution >= 0.6 is 0 Å². The molecule has 2 saturated carbocycles. The highest BCUT2D eigenvalue weighted by Gasteiger charge is 2.45. The second kappa shape index (κ2) is 5.47. The summed E-state index contributed by atoms with van der Waals surface area (Å²) in [7, 11) is 0. The van der Waals surface area contributed by atoms with E-state index in [2.05, 4.69) is 24.5 Å². The molecule has 2 amide bonds. The van der Waals surface area contributed by atoms with Crippen molar-refractivity contribution < 1.29 is 4.79 Å². The summed E-state index contributed by atoms with van der Waals surface area (Å²) in [6, 6.07) is 0.618. The number of hydrogen-bond donors (Lipinski definition) is 3. The predicted octanol–water partition coefficient (Wildman–Crippen LogP) is 1.70. The van der Waals surface area contributed by atoms with Crippen LogP contribution in [0.5, 0.6) is 0 Å². The van der Waals surface area contributed by atoms with E-state index in [-0.39, 0.29) is 12.1 Å². The maximum absolute atomic E-state index is 11.7. The smallest absolute Gasteiger partial charge is 0.315 e. The highest BCUT2D eigenvalue weighted by atomic mass is 16.2. The van der Waals surface area contributed by atoms with Crippen LogP contribution < -0.4 is 16.4 Å². The third-order valence-corrected chi connectivity index (χ3v) is 4.88. The fourth-order valence-corrected chi connectivity index (χ4v) is 3.23. The van der Waals surface area contributed by atoms with Crippen molar-refractivity contribution in [2.24, 2.45) is 29.4 Å². The van der Waals surface area contributed by atoms with E-state index in [0.717, 1.165) is 18.4 Å². The number of nitrogens with one attached hydrogen (secondary N) is 2. The van der Waals surface area contributed by atoms with Gasteiger partial charge in [-0.05, 0) is 49.9 Å². The van der Waals surface area contributed by atoms with Gasteiger partial charge in [0.2, 0.25) is 0 Å². The molecule has 5 atom stereocenters. The Balaban J connectivity index is 1.65. The molecule has 0 saturated heterocycles. The Morgan fingerprint density at radius 2 is 2.00 bits per heavy atom. The summed E-state index contributed by atoms with van der Waals surface area (Å²) in [4.78, 5) is 11.7. The molecule has 2 aliphatic rings. The molecule has 4 heteroatoms. The Morgan fingerprint density at radius 1 is 1.28 bits per heavy atom. The second-order valence-corrected chi connectivity index (χ2v) is 6.55. The Hall–Kier alpha value is -0.770. The number of rotatable bonds is 4. The zero-order chi connectivity index (χ0) is 13.3. The van der Waals surface area contributed by atoms with Crippen molar-refractivity contribution >= 4 is 6.03 Å². The fraction of sp³-hybridized carbons (Fsp3) is 0.929. The largest absolute Gasteiger partial charge is 0.338 e. The molecule has 0 aromatic carbocycles. The van der Waals surface area contributed by atoms with E-state index >= 15 is 0 Å². The molecule has 0 aliphatic heterocycles. The molecule has 4 nitrogen and oxygen atoms in total. The Morgan fingerprint density at radius 3 is 2.56 bits per heavy atom. The molecule has 0 aromatic rings. The van der Waals surface area contributed by atoms with Crippen molar-refractivity contribution in [1.29, 1.82) is 0 Å². The number of urea groups is 1. The molecule has 0 aromatic heterocycles. The summed E-state index contributed by atoms with van der Waals surface area (Å²) >= 11 is 0. The molecule has 0 radical (unpaired) electrons. The number of nitrogens with two attached hydrogens (primary N) is 1. The van der Waals surface area contributed by atoms with Crippen LogP contribution in [0.25, 0.3) is 0 Å². The molecule has 4 N–H and O–H groups in total. The summed E-state index contributed by atoms with van der Waals surface area (Å²) in [5.41, 5.74) is 5.98. The van der Waals surface area contributed by atoms with Gasteiger partial charge < -0.3 is 16.4 Å². The van der Waals surface area contributed by atoms with E-state index in [1.54, 1.807) is 0 Å². The molecule has 2 fully saturated rings. The summed E-state index contributed by atoms with van der Waals surface area (Å²) in [6.07, 6.45) is 3.64. The average Bonchev–Trinajstić information content (AvgIpc) is 2.63. The molecule has 0 bridgehead atoms. The lowest BCUT2D eigenvalue weighted by atomic mass is 9.72. The van der Waals surface area contributed by atoms with Gasteiger partial charge in [-0.1, -0.05) is 13.8 Å². The third-order valence-electron chi connectivity index (χ3n) is 4.88. The second-order valence-electron chi connectivity index (χ2n) is 6.55. The van der Waals surface area contributed by atoms with Gasteiger partial charge in [0, 0.05) is 18.6 Å². The Bertz CT molecular complexity index is 305. The van der Waals surface area contributed by atoms with Gasteiger partial charge in [0.15, 0.2) is 0 Å². The standard InChI is InChI=1S/C14H27N3O/c1-8(2)9(3)17-14(18)16-7-10-4-11-6-13(15)12(11)5-10/h8-13H,4-7,15H2,1-3H3,(H2,16,17,18). The fourth-order valence-electron chi connectivity index (χ4n) is 3.23. The lowest BCUT2D eigenvalue weighted by molar-refractivity contribution is 0.173. The average molecular weight is 253 g/mol. The van der Waals surface area contributed by atoms with E-state index in [9.17, 15) is 4.79 Å². The minimum absolute atomic E-state index is 0.0280. The normalized spacial score (nSPS) is 35.8. The number of hydrogen-bond acceptors (Lipinski definition) is 2. The van der Waals surface area contributed by atoms with Gasteiger partial charge >= 0.3 is 6.03 Å². The lowest BCUT2D eigenvalue weighted by Crippen LogP contribution is -2.44. The highest BCUT2D eigenvalue weighted by Crippen LogP contribution is 2.48. The van der Waals surface area contributed by atoms with Crippen molar-refractivity contribution in [3.63, 3.8) is 0 Å². The van der Waals surface area contributed by atoms with Gasteiger partial charge in [-0.3, -0.25) is 0 Å². The maximum Gasteiger partial charge on any atom is 0.315 e. The van der Waals surface area contributed by atoms with Crippen LogP contribution in [0.15, 0.2) is 0 Å². The van der Waals surface area contributed by atoms with E-state index in [1.165, 1.54) is 19.3 Å². The Labute approximate surface area is 110 Å². The van der Waals surface area contributed by atoms with Crippen LogP contribution in [0, 0.1) is 23.7 Å². The van der Waals surface area contributed by atoms with E-state index in [0.29, 0.717) is 17.9 Å². The van der Waals surface area contributed by atoms with E-state index < -0.39 is 0 Å². The van der Waals surface area contributed by atoms with Gasteiger partial charge in [-0.15, -0.1) is 0 Å². The quantitative estimate of drug-likeness (QED) is 0.714. The van der Waals surface area contributed by atoms with Gasteiger partial charge in [0.25, 0.3) is 0 Å². The van der Waals surface area contributed by atoms with Crippen LogP contribution in [0.1, 0.15) is 40.0 Å². The molecule has 5 unspecified atom stereocenters. The van der Waals surface area contributed by atoms with Gasteiger partial charge in [-0.25, -0.2) is 4.79 Å². The van der Waals surface area contributed by atoms with Gasteiger partial charge in [0.05, 0.1) is 0 Å². The molecule has 2 rings (SSSR count). The first kappa shape index (κ1) is 13.7.